The number of nitrogens with zero attached hydrogens (tertiary/aromatic N) is 2. The molecule has 9 heteroatoms. The molecule has 28 heavy (non-hydrogen) atoms. The molecule has 3 aromatic rings. The first-order valence-corrected chi connectivity index (χ1v) is 8.33. The maximum atomic E-state index is 13.7. The van der Waals surface area contributed by atoms with E-state index in [4.69, 9.17) is 11.6 Å². The number of rotatable bonds is 3. The fraction of sp³-hybridized carbons (Fsp3) is 0.158. The highest BCUT2D eigenvalue weighted by Crippen LogP contribution is 2.33. The number of hydrogen-bond acceptors (Lipinski definition) is 3. The highest BCUT2D eigenvalue weighted by molar-refractivity contribution is 6.30. The van der Waals surface area contributed by atoms with Crippen LogP contribution < -0.4 is 5.32 Å². The number of anilines is 1. The van der Waals surface area contributed by atoms with Crippen LogP contribution in [0.25, 0.3) is 10.9 Å². The van der Waals surface area contributed by atoms with Crippen LogP contribution in [0.3, 0.4) is 0 Å². The van der Waals surface area contributed by atoms with Crippen molar-refractivity contribution in [3.05, 3.63) is 64.4 Å². The number of halogens is 6. The van der Waals surface area contributed by atoms with Gasteiger partial charge in [-0.25, -0.2) is 18.7 Å². The summed E-state index contributed by atoms with van der Waals surface area (Å²) in [5.74, 6) is 3.71. The number of nitrogens with one attached hydrogen (secondary N) is 1. The Balaban J connectivity index is 1.73. The van der Waals surface area contributed by atoms with Gasteiger partial charge >= 0.3 is 6.18 Å². The van der Waals surface area contributed by atoms with Gasteiger partial charge in [-0.3, -0.25) is 0 Å². The summed E-state index contributed by atoms with van der Waals surface area (Å²) < 4.78 is 66.2. The molecule has 0 spiro atoms. The van der Waals surface area contributed by atoms with Crippen molar-refractivity contribution in [1.29, 1.82) is 0 Å². The monoisotopic (exact) mass is 411 g/mol. The van der Waals surface area contributed by atoms with Crippen molar-refractivity contribution in [3.63, 3.8) is 0 Å². The highest BCUT2D eigenvalue weighted by Gasteiger charge is 2.33. The van der Waals surface area contributed by atoms with Gasteiger partial charge in [0, 0.05) is 35.0 Å². The Hall–Kier alpha value is -2.92. The average molecular weight is 412 g/mol. The Morgan fingerprint density at radius 1 is 1.07 bits per heavy atom. The second kappa shape index (κ2) is 7.98. The Bertz CT molecular complexity index is 1090. The van der Waals surface area contributed by atoms with Crippen LogP contribution in [-0.2, 0) is 6.18 Å². The van der Waals surface area contributed by atoms with Crippen LogP contribution in [0.1, 0.15) is 17.5 Å². The minimum absolute atomic E-state index is 0.0327. The van der Waals surface area contributed by atoms with E-state index in [-0.39, 0.29) is 40.3 Å². The second-order valence-electron chi connectivity index (χ2n) is 5.67. The lowest BCUT2D eigenvalue weighted by Crippen LogP contribution is -2.07. The van der Waals surface area contributed by atoms with E-state index in [1.807, 2.05) is 0 Å². The van der Waals surface area contributed by atoms with Gasteiger partial charge in [0.15, 0.2) is 5.82 Å². The predicted octanol–water partition coefficient (Wildman–Crippen LogP) is 5.43. The van der Waals surface area contributed by atoms with E-state index in [2.05, 4.69) is 27.1 Å². The summed E-state index contributed by atoms with van der Waals surface area (Å²) in [6.07, 6.45) is -3.27. The minimum atomic E-state index is -4.57. The Morgan fingerprint density at radius 3 is 2.61 bits per heavy atom. The van der Waals surface area contributed by atoms with Crippen molar-refractivity contribution in [2.24, 2.45) is 0 Å². The van der Waals surface area contributed by atoms with Gasteiger partial charge in [-0.05, 0) is 24.3 Å². The van der Waals surface area contributed by atoms with E-state index in [1.165, 1.54) is 12.1 Å². The quantitative estimate of drug-likeness (QED) is 0.354. The molecule has 0 saturated carbocycles. The van der Waals surface area contributed by atoms with Crippen molar-refractivity contribution >= 4 is 28.3 Å². The molecule has 0 aliphatic rings. The summed E-state index contributed by atoms with van der Waals surface area (Å²) >= 11 is 5.62. The zero-order chi connectivity index (χ0) is 20.3. The van der Waals surface area contributed by atoms with Crippen molar-refractivity contribution in [1.82, 2.24) is 9.97 Å². The van der Waals surface area contributed by atoms with Crippen molar-refractivity contribution in [2.75, 3.05) is 11.9 Å². The molecule has 3 nitrogen and oxygen atoms in total. The molecule has 0 aliphatic carbocycles. The summed E-state index contributed by atoms with van der Waals surface area (Å²) in [4.78, 5) is 7.70. The summed E-state index contributed by atoms with van der Waals surface area (Å²) in [6, 6.07) is 5.16. The molecule has 0 bridgehead atoms. The van der Waals surface area contributed by atoms with Crippen LogP contribution in [0.4, 0.5) is 27.8 Å². The first-order chi connectivity index (χ1) is 13.3. The standard InChI is InChI=1S/C19H11ClF5N3/c20-12-5-4-11(15(7-12)19(23,24)25)3-1-2-6-26-18-14-8-13(21)9-16(22)17(14)27-10-28-18/h4-5,7-10H,2,6H2,(H,26,27,28). The Labute approximate surface area is 161 Å². The molecule has 1 heterocycles. The number of alkyl halides is 3. The van der Waals surface area contributed by atoms with Gasteiger partial charge in [-0.15, -0.1) is 0 Å². The predicted molar refractivity (Wildman–Crippen MR) is 95.9 cm³/mol. The van der Waals surface area contributed by atoms with E-state index in [0.29, 0.717) is 0 Å². The van der Waals surface area contributed by atoms with Gasteiger partial charge in [0.1, 0.15) is 23.5 Å². The molecule has 1 aromatic heterocycles. The Morgan fingerprint density at radius 2 is 1.86 bits per heavy atom. The van der Waals surface area contributed by atoms with E-state index >= 15 is 0 Å². The maximum Gasteiger partial charge on any atom is 0.417 e. The van der Waals surface area contributed by atoms with Crippen molar-refractivity contribution < 1.29 is 22.0 Å². The van der Waals surface area contributed by atoms with E-state index < -0.39 is 23.4 Å². The fourth-order valence-corrected chi connectivity index (χ4v) is 2.67. The molecule has 144 valence electrons. The third kappa shape index (κ3) is 4.49. The maximum absolute atomic E-state index is 13.7. The van der Waals surface area contributed by atoms with Gasteiger partial charge < -0.3 is 5.32 Å². The molecule has 1 N–H and O–H groups in total. The second-order valence-corrected chi connectivity index (χ2v) is 6.11. The summed E-state index contributed by atoms with van der Waals surface area (Å²) in [5, 5.41) is 2.98. The summed E-state index contributed by atoms with van der Waals surface area (Å²) in [6.45, 7) is 0.201. The molecular formula is C19H11ClF5N3. The lowest BCUT2D eigenvalue weighted by Gasteiger charge is -2.09. The lowest BCUT2D eigenvalue weighted by molar-refractivity contribution is -0.137. The molecule has 0 radical (unpaired) electrons. The van der Waals surface area contributed by atoms with Gasteiger partial charge in [0.2, 0.25) is 0 Å². The first kappa shape index (κ1) is 19.8. The van der Waals surface area contributed by atoms with E-state index in [1.54, 1.807) is 0 Å². The van der Waals surface area contributed by atoms with Gasteiger partial charge in [-0.2, -0.15) is 13.2 Å². The van der Waals surface area contributed by atoms with Gasteiger partial charge in [0.25, 0.3) is 0 Å². The zero-order valence-electron chi connectivity index (χ0n) is 14.0. The molecular weight excluding hydrogens is 401 g/mol. The minimum Gasteiger partial charge on any atom is -0.368 e. The highest BCUT2D eigenvalue weighted by atomic mass is 35.5. The van der Waals surface area contributed by atoms with Gasteiger partial charge in [-0.1, -0.05) is 23.4 Å². The molecule has 3 rings (SSSR count). The largest absolute Gasteiger partial charge is 0.417 e. The molecule has 0 aliphatic heterocycles. The van der Waals surface area contributed by atoms with Crippen molar-refractivity contribution in [3.8, 4) is 11.8 Å². The van der Waals surface area contributed by atoms with Crippen LogP contribution >= 0.6 is 11.6 Å². The summed E-state index contributed by atoms with van der Waals surface area (Å²) in [5.41, 5.74) is -1.14. The van der Waals surface area contributed by atoms with Crippen LogP contribution in [0.15, 0.2) is 36.7 Å². The topological polar surface area (TPSA) is 37.8 Å². The molecule has 2 aromatic carbocycles. The average Bonchev–Trinajstić information content (AvgIpc) is 2.62. The van der Waals surface area contributed by atoms with Crippen LogP contribution in [0.5, 0.6) is 0 Å². The van der Waals surface area contributed by atoms with Crippen LogP contribution in [-0.4, -0.2) is 16.5 Å². The first-order valence-electron chi connectivity index (χ1n) is 7.95. The van der Waals surface area contributed by atoms with Crippen LogP contribution in [0.2, 0.25) is 5.02 Å². The molecule has 0 amide bonds. The van der Waals surface area contributed by atoms with Gasteiger partial charge in [0.05, 0.1) is 5.56 Å². The molecule has 0 atom stereocenters. The van der Waals surface area contributed by atoms with E-state index in [0.717, 1.165) is 24.5 Å². The van der Waals surface area contributed by atoms with Crippen LogP contribution in [0, 0.1) is 23.5 Å². The number of fused-ring (bicyclic) bond motifs is 1. The molecule has 0 unspecified atom stereocenters. The lowest BCUT2D eigenvalue weighted by atomic mass is 10.1. The molecule has 0 fully saturated rings. The number of benzene rings is 2. The van der Waals surface area contributed by atoms with Crippen molar-refractivity contribution in [2.45, 2.75) is 12.6 Å². The smallest absolute Gasteiger partial charge is 0.368 e. The normalized spacial score (nSPS) is 11.2. The Kier molecular flexibility index (Phi) is 5.66. The summed E-state index contributed by atoms with van der Waals surface area (Å²) in [7, 11) is 0. The fourth-order valence-electron chi connectivity index (χ4n) is 2.49. The number of hydrogen-bond donors (Lipinski definition) is 1. The molecule has 0 saturated heterocycles. The third-order valence-electron chi connectivity index (χ3n) is 3.71. The number of aromatic nitrogens is 2. The zero-order valence-corrected chi connectivity index (χ0v) is 14.8. The SMILES string of the molecule is Fc1cc(F)c2ncnc(NCCC#Cc3ccc(Cl)cc3C(F)(F)F)c2c1. The third-order valence-corrected chi connectivity index (χ3v) is 3.94. The van der Waals surface area contributed by atoms with E-state index in [9.17, 15) is 22.0 Å².